The Labute approximate surface area is 335 Å². The van der Waals surface area contributed by atoms with E-state index in [1.165, 1.54) is 38.5 Å². The number of carboxylic acids is 1. The van der Waals surface area contributed by atoms with Crippen molar-refractivity contribution in [3.63, 3.8) is 0 Å². The van der Waals surface area contributed by atoms with Crippen molar-refractivity contribution in [3.05, 3.63) is 85.1 Å². The predicted octanol–water partition coefficient (Wildman–Crippen LogP) is 11.4. The van der Waals surface area contributed by atoms with Crippen molar-refractivity contribution in [2.75, 3.05) is 41.0 Å². The molecule has 0 amide bonds. The lowest BCUT2D eigenvalue weighted by Crippen LogP contribution is -2.50. The maximum Gasteiger partial charge on any atom is 0.362 e. The van der Waals surface area contributed by atoms with E-state index in [9.17, 15) is 19.5 Å². The maximum atomic E-state index is 12.6. The molecular formula is C47H78NO7+. The van der Waals surface area contributed by atoms with E-state index in [1.807, 2.05) is 27.2 Å². The van der Waals surface area contributed by atoms with Crippen molar-refractivity contribution in [1.29, 1.82) is 0 Å². The third kappa shape index (κ3) is 35.9. The van der Waals surface area contributed by atoms with Gasteiger partial charge in [-0.25, -0.2) is 4.79 Å². The van der Waals surface area contributed by atoms with Gasteiger partial charge < -0.3 is 23.8 Å². The molecule has 0 saturated heterocycles. The van der Waals surface area contributed by atoms with Crippen LogP contribution < -0.4 is 0 Å². The summed E-state index contributed by atoms with van der Waals surface area (Å²) in [7, 11) is 5.48. The Morgan fingerprint density at radius 1 is 0.564 bits per heavy atom. The molecule has 0 spiro atoms. The number of hydrogen-bond acceptors (Lipinski definition) is 6. The molecule has 55 heavy (non-hydrogen) atoms. The number of carboxylic acid groups (broad SMARTS) is 1. The molecular weight excluding hydrogens is 691 g/mol. The second-order valence-corrected chi connectivity index (χ2v) is 14.8. The molecule has 0 aliphatic rings. The fraction of sp³-hybridized carbons (Fsp3) is 0.638. The Kier molecular flexibility index (Phi) is 35.1. The third-order valence-electron chi connectivity index (χ3n) is 8.82. The predicted molar refractivity (Wildman–Crippen MR) is 229 cm³/mol. The summed E-state index contributed by atoms with van der Waals surface area (Å²) in [6.45, 7) is 4.36. The number of likely N-dealkylation sites (N-methyl/N-ethyl adjacent to an activating group) is 1. The van der Waals surface area contributed by atoms with E-state index in [-0.39, 0.29) is 36.7 Å². The first-order chi connectivity index (χ1) is 26.6. The fourth-order valence-corrected chi connectivity index (χ4v) is 5.61. The zero-order valence-corrected chi connectivity index (χ0v) is 35.3. The molecule has 0 aromatic heterocycles. The van der Waals surface area contributed by atoms with Gasteiger partial charge in [0, 0.05) is 12.8 Å². The normalized spacial score (nSPS) is 13.8. The summed E-state index contributed by atoms with van der Waals surface area (Å²) in [4.78, 5) is 36.8. The van der Waals surface area contributed by atoms with Crippen LogP contribution in [-0.4, -0.2) is 80.6 Å². The van der Waals surface area contributed by atoms with Crippen LogP contribution in [0.4, 0.5) is 0 Å². The van der Waals surface area contributed by atoms with Gasteiger partial charge in [-0.3, -0.25) is 9.59 Å². The molecule has 8 nitrogen and oxygen atoms in total. The highest BCUT2D eigenvalue weighted by atomic mass is 16.6. The van der Waals surface area contributed by atoms with Crippen molar-refractivity contribution in [3.8, 4) is 0 Å². The van der Waals surface area contributed by atoms with Crippen molar-refractivity contribution >= 4 is 17.9 Å². The average Bonchev–Trinajstić information content (AvgIpc) is 3.14. The first kappa shape index (κ1) is 51.5. The van der Waals surface area contributed by atoms with Gasteiger partial charge in [-0.1, -0.05) is 144 Å². The quantitative estimate of drug-likeness (QED) is 0.0293. The van der Waals surface area contributed by atoms with Crippen LogP contribution in [0.5, 0.6) is 0 Å². The summed E-state index contributed by atoms with van der Waals surface area (Å²) in [6, 6.07) is -0.632. The summed E-state index contributed by atoms with van der Waals surface area (Å²) in [5, 5.41) is 9.59. The number of carbonyl (C=O) groups is 3. The Bertz CT molecular complexity index is 1170. The number of carbonyl (C=O) groups excluding carboxylic acids is 2. The van der Waals surface area contributed by atoms with Crippen LogP contribution in [0.3, 0.4) is 0 Å². The smallest absolute Gasteiger partial charge is 0.362 e. The van der Waals surface area contributed by atoms with Crippen LogP contribution in [0.1, 0.15) is 142 Å². The Hall–Kier alpha value is -3.49. The van der Waals surface area contributed by atoms with Gasteiger partial charge in [-0.05, 0) is 64.2 Å². The molecule has 0 aliphatic heterocycles. The molecule has 0 fully saturated rings. The Balaban J connectivity index is 4.29. The standard InChI is InChI=1S/C47H77NO7/c1-6-8-10-12-14-16-17-18-19-20-21-22-23-24-25-26-27-28-30-31-33-35-37-45(49)54-42-43(41-53-40-39-44(47(51)52)48(3,4)5)55-46(50)38-36-34-32-29-15-13-11-9-7-2/h8-11,14-16,18-19,21-22,29,34,36,43-44H,6-7,12-13,17,20,23-28,30-33,35,37-42H2,1-5H3/p+1/b10-8+,11-9+,16-14+,19-18+,22-21+,29-15+,36-34+. The van der Waals surface area contributed by atoms with Crippen LogP contribution in [0.25, 0.3) is 0 Å². The topological polar surface area (TPSA) is 99.1 Å². The minimum atomic E-state index is -0.892. The highest BCUT2D eigenvalue weighted by molar-refractivity contribution is 5.72. The Morgan fingerprint density at radius 2 is 1.02 bits per heavy atom. The highest BCUT2D eigenvalue weighted by Crippen LogP contribution is 2.13. The lowest BCUT2D eigenvalue weighted by Gasteiger charge is -2.31. The van der Waals surface area contributed by atoms with Gasteiger partial charge in [0.25, 0.3) is 0 Å². The molecule has 0 bridgehead atoms. The summed E-state index contributed by atoms with van der Waals surface area (Å²) >= 11 is 0. The van der Waals surface area contributed by atoms with Gasteiger partial charge in [-0.2, -0.15) is 0 Å². The number of ether oxygens (including phenoxy) is 3. The molecule has 2 unspecified atom stereocenters. The van der Waals surface area contributed by atoms with Gasteiger partial charge in [-0.15, -0.1) is 0 Å². The lowest BCUT2D eigenvalue weighted by molar-refractivity contribution is -0.887. The first-order valence-electron chi connectivity index (χ1n) is 21.1. The van der Waals surface area contributed by atoms with E-state index >= 15 is 0 Å². The minimum absolute atomic E-state index is 0.0185. The van der Waals surface area contributed by atoms with Crippen molar-refractivity contribution < 1.29 is 38.2 Å². The molecule has 0 aromatic rings. The number of rotatable bonds is 36. The van der Waals surface area contributed by atoms with E-state index in [2.05, 4.69) is 86.8 Å². The SMILES string of the molecule is CC/C=C/C/C=C/C/C=C/C/C=C/CCCCCCCCCCCC(=O)OCC(COCCC(C(=O)O)[N+](C)(C)C)OC(=O)C/C=C/C/C=C/C/C=C/CC. The molecule has 0 radical (unpaired) electrons. The largest absolute Gasteiger partial charge is 0.477 e. The van der Waals surface area contributed by atoms with Crippen LogP contribution in [0.2, 0.25) is 0 Å². The van der Waals surface area contributed by atoms with E-state index in [1.54, 1.807) is 6.08 Å². The zero-order valence-electron chi connectivity index (χ0n) is 35.3. The van der Waals surface area contributed by atoms with E-state index in [0.717, 1.165) is 70.6 Å². The third-order valence-corrected chi connectivity index (χ3v) is 8.82. The average molecular weight is 769 g/mol. The van der Waals surface area contributed by atoms with Gasteiger partial charge in [0.15, 0.2) is 12.1 Å². The number of hydrogen-bond donors (Lipinski definition) is 1. The summed E-state index contributed by atoms with van der Waals surface area (Å²) < 4.78 is 17.1. The molecule has 2 atom stereocenters. The van der Waals surface area contributed by atoms with Crippen molar-refractivity contribution in [2.45, 2.75) is 154 Å². The number of quaternary nitrogens is 1. The number of allylic oxidation sites excluding steroid dienone is 13. The fourth-order valence-electron chi connectivity index (χ4n) is 5.61. The number of unbranched alkanes of at least 4 members (excludes halogenated alkanes) is 9. The van der Waals surface area contributed by atoms with Gasteiger partial charge in [0.2, 0.25) is 0 Å². The van der Waals surface area contributed by atoms with E-state index < -0.39 is 24.1 Å². The Morgan fingerprint density at radius 3 is 1.51 bits per heavy atom. The summed E-state index contributed by atoms with van der Waals surface area (Å²) in [6.07, 6.45) is 48.2. The van der Waals surface area contributed by atoms with Gasteiger partial charge >= 0.3 is 17.9 Å². The molecule has 0 saturated carbocycles. The second-order valence-electron chi connectivity index (χ2n) is 14.8. The van der Waals surface area contributed by atoms with Crippen molar-refractivity contribution in [1.82, 2.24) is 0 Å². The van der Waals surface area contributed by atoms with Crippen LogP contribution in [0, 0.1) is 0 Å². The highest BCUT2D eigenvalue weighted by Gasteiger charge is 2.31. The van der Waals surface area contributed by atoms with Gasteiger partial charge in [0.1, 0.15) is 6.61 Å². The van der Waals surface area contributed by atoms with E-state index in [4.69, 9.17) is 14.2 Å². The number of esters is 2. The van der Waals surface area contributed by atoms with Crippen LogP contribution >= 0.6 is 0 Å². The molecule has 0 aromatic carbocycles. The molecule has 8 heteroatoms. The zero-order chi connectivity index (χ0) is 40.7. The molecule has 0 aliphatic carbocycles. The lowest BCUT2D eigenvalue weighted by atomic mass is 10.1. The van der Waals surface area contributed by atoms with Crippen LogP contribution in [-0.2, 0) is 28.6 Å². The number of aliphatic carboxylic acids is 1. The maximum absolute atomic E-state index is 12.6. The summed E-state index contributed by atoms with van der Waals surface area (Å²) in [5.74, 6) is -1.64. The van der Waals surface area contributed by atoms with Gasteiger partial charge in [0.05, 0.1) is 40.8 Å². The monoisotopic (exact) mass is 769 g/mol. The molecule has 1 N–H and O–H groups in total. The summed E-state index contributed by atoms with van der Waals surface area (Å²) in [5.41, 5.74) is 0. The van der Waals surface area contributed by atoms with Crippen molar-refractivity contribution in [2.24, 2.45) is 0 Å². The second kappa shape index (κ2) is 37.4. The number of nitrogens with zero attached hydrogens (tertiary/aromatic N) is 1. The van der Waals surface area contributed by atoms with Crippen LogP contribution in [0.15, 0.2) is 85.1 Å². The minimum Gasteiger partial charge on any atom is -0.477 e. The molecule has 312 valence electrons. The molecule has 0 rings (SSSR count). The van der Waals surface area contributed by atoms with E-state index in [0.29, 0.717) is 12.8 Å². The first-order valence-corrected chi connectivity index (χ1v) is 21.1. The molecule has 0 heterocycles.